The lowest BCUT2D eigenvalue weighted by Crippen LogP contribution is -2.52. The van der Waals surface area contributed by atoms with E-state index in [4.69, 9.17) is 11.6 Å². The van der Waals surface area contributed by atoms with E-state index in [-0.39, 0.29) is 0 Å². The van der Waals surface area contributed by atoms with E-state index in [0.29, 0.717) is 12.0 Å². The third kappa shape index (κ3) is 2.69. The summed E-state index contributed by atoms with van der Waals surface area (Å²) in [7, 11) is 0. The van der Waals surface area contributed by atoms with Gasteiger partial charge < -0.3 is 10.2 Å². The van der Waals surface area contributed by atoms with E-state index in [1.807, 2.05) is 18.2 Å². The first kappa shape index (κ1) is 11.7. The number of hydrogen-bond acceptors (Lipinski definition) is 2. The second-order valence-electron chi connectivity index (χ2n) is 4.73. The number of halogens is 1. The Kier molecular flexibility index (Phi) is 3.72. The molecule has 0 spiro atoms. The maximum Gasteiger partial charge on any atom is 0.0426 e. The van der Waals surface area contributed by atoms with Crippen LogP contribution in [-0.4, -0.2) is 25.7 Å². The van der Waals surface area contributed by atoms with Gasteiger partial charge in [0.15, 0.2) is 0 Å². The van der Waals surface area contributed by atoms with Gasteiger partial charge in [0.05, 0.1) is 0 Å². The van der Waals surface area contributed by atoms with Crippen LogP contribution in [0.1, 0.15) is 13.8 Å². The van der Waals surface area contributed by atoms with Crippen LogP contribution in [0.5, 0.6) is 0 Å². The van der Waals surface area contributed by atoms with Gasteiger partial charge in [-0.2, -0.15) is 0 Å². The molecule has 0 saturated carbocycles. The number of benzene rings is 1. The van der Waals surface area contributed by atoms with E-state index in [2.05, 4.69) is 30.1 Å². The molecule has 1 fully saturated rings. The molecule has 1 atom stereocenters. The van der Waals surface area contributed by atoms with Crippen LogP contribution in [0.3, 0.4) is 0 Å². The normalized spacial score (nSPS) is 21.5. The van der Waals surface area contributed by atoms with Crippen LogP contribution in [0, 0.1) is 5.92 Å². The smallest absolute Gasteiger partial charge is 0.0426 e. The molecule has 0 aliphatic carbocycles. The Hall–Kier alpha value is -0.730. The van der Waals surface area contributed by atoms with Crippen molar-refractivity contribution in [2.24, 2.45) is 5.92 Å². The minimum Gasteiger partial charge on any atom is -0.369 e. The predicted octanol–water partition coefficient (Wildman–Crippen LogP) is 2.77. The van der Waals surface area contributed by atoms with Crippen molar-refractivity contribution in [3.63, 3.8) is 0 Å². The molecule has 88 valence electrons. The van der Waals surface area contributed by atoms with Crippen molar-refractivity contribution in [2.45, 2.75) is 19.9 Å². The minimum absolute atomic E-state index is 0.577. The third-order valence-electron chi connectivity index (χ3n) is 3.18. The molecule has 0 aromatic heterocycles. The van der Waals surface area contributed by atoms with E-state index in [0.717, 1.165) is 24.7 Å². The van der Waals surface area contributed by atoms with Crippen molar-refractivity contribution >= 4 is 17.3 Å². The summed E-state index contributed by atoms with van der Waals surface area (Å²) in [5, 5.41) is 4.38. The first-order valence-corrected chi connectivity index (χ1v) is 6.28. The summed E-state index contributed by atoms with van der Waals surface area (Å²) >= 11 is 6.02. The highest BCUT2D eigenvalue weighted by atomic mass is 35.5. The predicted molar refractivity (Wildman–Crippen MR) is 70.3 cm³/mol. The van der Waals surface area contributed by atoms with E-state index < -0.39 is 0 Å². The molecule has 3 heteroatoms. The van der Waals surface area contributed by atoms with E-state index in [1.54, 1.807) is 0 Å². The van der Waals surface area contributed by atoms with Crippen LogP contribution < -0.4 is 10.2 Å². The van der Waals surface area contributed by atoms with Crippen LogP contribution >= 0.6 is 11.6 Å². The Balaban J connectivity index is 2.09. The molecule has 0 radical (unpaired) electrons. The van der Waals surface area contributed by atoms with Crippen molar-refractivity contribution < 1.29 is 0 Å². The molecule has 1 saturated heterocycles. The summed E-state index contributed by atoms with van der Waals surface area (Å²) in [6.45, 7) is 7.70. The standard InChI is InChI=1S/C13H19ClN2/c1-10(2)13-9-16(7-6-15-13)12-5-3-4-11(14)8-12/h3-5,8,10,13,15H,6-7,9H2,1-2H3. The third-order valence-corrected chi connectivity index (χ3v) is 3.42. The Labute approximate surface area is 103 Å². The van der Waals surface area contributed by atoms with E-state index in [9.17, 15) is 0 Å². The van der Waals surface area contributed by atoms with Gasteiger partial charge in [-0.3, -0.25) is 0 Å². The fourth-order valence-corrected chi connectivity index (χ4v) is 2.32. The lowest BCUT2D eigenvalue weighted by molar-refractivity contribution is 0.368. The van der Waals surface area contributed by atoms with Gasteiger partial charge in [-0.1, -0.05) is 31.5 Å². The molecule has 1 aliphatic heterocycles. The molecule has 1 heterocycles. The summed E-state index contributed by atoms with van der Waals surface area (Å²) in [4.78, 5) is 2.41. The monoisotopic (exact) mass is 238 g/mol. The molecule has 0 bridgehead atoms. The number of rotatable bonds is 2. The van der Waals surface area contributed by atoms with Gasteiger partial charge in [-0.25, -0.2) is 0 Å². The van der Waals surface area contributed by atoms with Gasteiger partial charge in [-0.15, -0.1) is 0 Å². The van der Waals surface area contributed by atoms with Crippen LogP contribution in [0.15, 0.2) is 24.3 Å². The molecule has 0 amide bonds. The molecule has 2 rings (SSSR count). The molecule has 16 heavy (non-hydrogen) atoms. The Morgan fingerprint density at radius 2 is 2.25 bits per heavy atom. The number of anilines is 1. The molecular weight excluding hydrogens is 220 g/mol. The number of nitrogens with zero attached hydrogens (tertiary/aromatic N) is 1. The van der Waals surface area contributed by atoms with Gasteiger partial charge in [0.2, 0.25) is 0 Å². The molecule has 1 unspecified atom stereocenters. The zero-order chi connectivity index (χ0) is 11.5. The molecule has 1 aromatic rings. The quantitative estimate of drug-likeness (QED) is 0.853. The average Bonchev–Trinajstić information content (AvgIpc) is 2.29. The zero-order valence-corrected chi connectivity index (χ0v) is 10.7. The number of piperazine rings is 1. The van der Waals surface area contributed by atoms with Gasteiger partial charge in [0.1, 0.15) is 0 Å². The van der Waals surface area contributed by atoms with Crippen LogP contribution in [0.4, 0.5) is 5.69 Å². The lowest BCUT2D eigenvalue weighted by Gasteiger charge is -2.37. The second-order valence-corrected chi connectivity index (χ2v) is 5.17. The summed E-state index contributed by atoms with van der Waals surface area (Å²) in [6, 6.07) is 8.70. The highest BCUT2D eigenvalue weighted by molar-refractivity contribution is 6.30. The fourth-order valence-electron chi connectivity index (χ4n) is 2.13. The van der Waals surface area contributed by atoms with Crippen LogP contribution in [-0.2, 0) is 0 Å². The van der Waals surface area contributed by atoms with Gasteiger partial charge in [-0.05, 0) is 24.1 Å². The maximum atomic E-state index is 6.02. The van der Waals surface area contributed by atoms with Gasteiger partial charge >= 0.3 is 0 Å². The van der Waals surface area contributed by atoms with Crippen molar-refractivity contribution in [3.05, 3.63) is 29.3 Å². The number of nitrogens with one attached hydrogen (secondary N) is 1. The Bertz CT molecular complexity index is 352. The SMILES string of the molecule is CC(C)C1CN(c2cccc(Cl)c2)CCN1. The highest BCUT2D eigenvalue weighted by Gasteiger charge is 2.21. The minimum atomic E-state index is 0.577. The maximum absolute atomic E-state index is 6.02. The summed E-state index contributed by atoms with van der Waals surface area (Å²) in [5.74, 6) is 0.669. The van der Waals surface area contributed by atoms with Crippen molar-refractivity contribution in [1.82, 2.24) is 5.32 Å². The molecule has 2 nitrogen and oxygen atoms in total. The zero-order valence-electron chi connectivity index (χ0n) is 9.91. The second kappa shape index (κ2) is 5.07. The van der Waals surface area contributed by atoms with E-state index in [1.165, 1.54) is 5.69 Å². The summed E-state index contributed by atoms with van der Waals surface area (Å²) in [5.41, 5.74) is 1.24. The van der Waals surface area contributed by atoms with Crippen LogP contribution in [0.2, 0.25) is 5.02 Å². The van der Waals surface area contributed by atoms with Crippen LogP contribution in [0.25, 0.3) is 0 Å². The van der Waals surface area contributed by atoms with Gasteiger partial charge in [0, 0.05) is 36.4 Å². The number of hydrogen-bond donors (Lipinski definition) is 1. The average molecular weight is 239 g/mol. The molecule has 1 N–H and O–H groups in total. The Morgan fingerprint density at radius 3 is 2.94 bits per heavy atom. The van der Waals surface area contributed by atoms with Crippen molar-refractivity contribution in [3.8, 4) is 0 Å². The molecule has 1 aromatic carbocycles. The topological polar surface area (TPSA) is 15.3 Å². The van der Waals surface area contributed by atoms with E-state index >= 15 is 0 Å². The fraction of sp³-hybridized carbons (Fsp3) is 0.538. The first-order chi connectivity index (χ1) is 7.66. The van der Waals surface area contributed by atoms with Gasteiger partial charge in [0.25, 0.3) is 0 Å². The highest BCUT2D eigenvalue weighted by Crippen LogP contribution is 2.21. The summed E-state index contributed by atoms with van der Waals surface area (Å²) < 4.78 is 0. The van der Waals surface area contributed by atoms with Crippen molar-refractivity contribution in [2.75, 3.05) is 24.5 Å². The molecule has 1 aliphatic rings. The summed E-state index contributed by atoms with van der Waals surface area (Å²) in [6.07, 6.45) is 0. The molecular formula is C13H19ClN2. The Morgan fingerprint density at radius 1 is 1.44 bits per heavy atom. The van der Waals surface area contributed by atoms with Crippen molar-refractivity contribution in [1.29, 1.82) is 0 Å². The first-order valence-electron chi connectivity index (χ1n) is 5.90. The lowest BCUT2D eigenvalue weighted by atomic mass is 10.0. The largest absolute Gasteiger partial charge is 0.369 e.